The summed E-state index contributed by atoms with van der Waals surface area (Å²) in [5, 5.41) is 36.6. The molecule has 4 heteroatoms. The minimum absolute atomic E-state index is 0.100. The van der Waals surface area contributed by atoms with Crippen molar-refractivity contribution in [2.24, 2.45) is 22.7 Å². The molecule has 0 aromatic heterocycles. The Morgan fingerprint density at radius 2 is 1.07 bits per heavy atom. The standard InChI is InChI=1S/C11H8N4/c12-4-10(5-13)8-1-2-9(3-8)11(10,6-14)7-15/h8-9H,1-3H2/t8-,9+. The molecule has 2 atom stereocenters. The first-order valence-corrected chi connectivity index (χ1v) is 4.85. The highest BCUT2D eigenvalue weighted by Gasteiger charge is 2.70. The molecule has 0 aromatic carbocycles. The number of nitriles is 4. The van der Waals surface area contributed by atoms with E-state index in [9.17, 15) is 0 Å². The van der Waals surface area contributed by atoms with Crippen molar-refractivity contribution in [1.82, 2.24) is 0 Å². The molecular weight excluding hydrogens is 188 g/mol. The molecule has 0 aromatic rings. The van der Waals surface area contributed by atoms with Gasteiger partial charge in [-0.3, -0.25) is 0 Å². The molecule has 2 aliphatic carbocycles. The van der Waals surface area contributed by atoms with E-state index >= 15 is 0 Å². The van der Waals surface area contributed by atoms with Gasteiger partial charge in [-0.25, -0.2) is 0 Å². The van der Waals surface area contributed by atoms with Crippen LogP contribution in [0.5, 0.6) is 0 Å². The largest absolute Gasteiger partial charge is 0.196 e. The van der Waals surface area contributed by atoms with Crippen LogP contribution in [0.3, 0.4) is 0 Å². The van der Waals surface area contributed by atoms with Gasteiger partial charge in [0.1, 0.15) is 0 Å². The molecular formula is C11H8N4. The third kappa shape index (κ3) is 0.743. The first-order valence-electron chi connectivity index (χ1n) is 4.85. The summed E-state index contributed by atoms with van der Waals surface area (Å²) in [5.74, 6) is -0.200. The summed E-state index contributed by atoms with van der Waals surface area (Å²) in [4.78, 5) is 0. The molecule has 2 saturated carbocycles. The van der Waals surface area contributed by atoms with Crippen molar-refractivity contribution in [3.63, 3.8) is 0 Å². The van der Waals surface area contributed by atoms with Gasteiger partial charge in [0.2, 0.25) is 0 Å². The number of rotatable bonds is 0. The minimum Gasteiger partial charge on any atom is -0.196 e. The second kappa shape index (κ2) is 2.73. The maximum atomic E-state index is 9.16. The highest BCUT2D eigenvalue weighted by atomic mass is 14.7. The number of fused-ring (bicyclic) bond motifs is 2. The lowest BCUT2D eigenvalue weighted by Crippen LogP contribution is -2.43. The van der Waals surface area contributed by atoms with Crippen molar-refractivity contribution in [2.45, 2.75) is 19.3 Å². The van der Waals surface area contributed by atoms with Crippen LogP contribution in [0.15, 0.2) is 0 Å². The molecule has 2 rings (SSSR count). The van der Waals surface area contributed by atoms with Crippen molar-refractivity contribution < 1.29 is 0 Å². The first-order chi connectivity index (χ1) is 7.20. The van der Waals surface area contributed by atoms with Gasteiger partial charge in [0, 0.05) is 0 Å². The monoisotopic (exact) mass is 196 g/mol. The Balaban J connectivity index is 2.67. The molecule has 72 valence electrons. The van der Waals surface area contributed by atoms with Crippen LogP contribution in [-0.2, 0) is 0 Å². The molecule has 15 heavy (non-hydrogen) atoms. The number of hydrogen-bond acceptors (Lipinski definition) is 4. The highest BCUT2D eigenvalue weighted by molar-refractivity contribution is 5.41. The lowest BCUT2D eigenvalue weighted by atomic mass is 9.58. The predicted molar refractivity (Wildman–Crippen MR) is 48.1 cm³/mol. The van der Waals surface area contributed by atoms with Gasteiger partial charge in [0.15, 0.2) is 10.8 Å². The lowest BCUT2D eigenvalue weighted by molar-refractivity contribution is 0.188. The fraction of sp³-hybridized carbons (Fsp3) is 0.636. The third-order valence-corrected chi connectivity index (χ3v) is 3.98. The fourth-order valence-electron chi connectivity index (χ4n) is 3.18. The maximum absolute atomic E-state index is 9.16. The van der Waals surface area contributed by atoms with Crippen molar-refractivity contribution in [3.05, 3.63) is 0 Å². The zero-order chi connectivity index (χ0) is 11.1. The normalized spacial score (nSPS) is 33.3. The quantitative estimate of drug-likeness (QED) is 0.586. The number of nitrogens with zero attached hydrogens (tertiary/aromatic N) is 4. The van der Waals surface area contributed by atoms with Gasteiger partial charge in [-0.15, -0.1) is 0 Å². The zero-order valence-electron chi connectivity index (χ0n) is 8.06. The zero-order valence-corrected chi connectivity index (χ0v) is 8.06. The van der Waals surface area contributed by atoms with Crippen LogP contribution in [0, 0.1) is 68.0 Å². The van der Waals surface area contributed by atoms with Crippen LogP contribution >= 0.6 is 0 Å². The average Bonchev–Trinajstić information content (AvgIpc) is 2.85. The molecule has 0 heterocycles. The van der Waals surface area contributed by atoms with E-state index in [1.807, 2.05) is 24.3 Å². The Morgan fingerprint density at radius 3 is 1.33 bits per heavy atom. The van der Waals surface area contributed by atoms with Gasteiger partial charge < -0.3 is 0 Å². The molecule has 0 radical (unpaired) electrons. The van der Waals surface area contributed by atoms with E-state index in [0.717, 1.165) is 12.8 Å². The molecule has 2 fully saturated rings. The Labute approximate surface area is 87.9 Å². The van der Waals surface area contributed by atoms with Gasteiger partial charge in [-0.05, 0) is 31.1 Å². The van der Waals surface area contributed by atoms with E-state index in [-0.39, 0.29) is 11.8 Å². The van der Waals surface area contributed by atoms with Gasteiger partial charge in [0.05, 0.1) is 24.3 Å². The molecule has 0 N–H and O–H groups in total. The summed E-state index contributed by atoms with van der Waals surface area (Å²) in [6, 6.07) is 7.78. The Morgan fingerprint density at radius 1 is 0.733 bits per heavy atom. The van der Waals surface area contributed by atoms with Crippen molar-refractivity contribution in [2.75, 3.05) is 0 Å². The summed E-state index contributed by atoms with van der Waals surface area (Å²) >= 11 is 0. The Kier molecular flexibility index (Phi) is 1.73. The van der Waals surface area contributed by atoms with E-state index < -0.39 is 10.8 Å². The van der Waals surface area contributed by atoms with E-state index in [0.29, 0.717) is 6.42 Å². The van der Waals surface area contributed by atoms with Crippen LogP contribution in [-0.4, -0.2) is 0 Å². The smallest absolute Gasteiger partial charge is 0.178 e. The van der Waals surface area contributed by atoms with Crippen molar-refractivity contribution >= 4 is 0 Å². The van der Waals surface area contributed by atoms with Crippen LogP contribution in [0.1, 0.15) is 19.3 Å². The van der Waals surface area contributed by atoms with Crippen molar-refractivity contribution in [1.29, 1.82) is 21.0 Å². The van der Waals surface area contributed by atoms with Crippen LogP contribution in [0.4, 0.5) is 0 Å². The van der Waals surface area contributed by atoms with E-state index in [1.165, 1.54) is 0 Å². The summed E-state index contributed by atoms with van der Waals surface area (Å²) in [6.07, 6.45) is 2.25. The lowest BCUT2D eigenvalue weighted by Gasteiger charge is -2.34. The summed E-state index contributed by atoms with van der Waals surface area (Å²) in [5.41, 5.74) is -2.81. The van der Waals surface area contributed by atoms with Gasteiger partial charge >= 0.3 is 0 Å². The van der Waals surface area contributed by atoms with E-state index in [1.54, 1.807) is 0 Å². The fourth-order valence-corrected chi connectivity index (χ4v) is 3.18. The van der Waals surface area contributed by atoms with Crippen LogP contribution in [0.25, 0.3) is 0 Å². The minimum atomic E-state index is -1.40. The predicted octanol–water partition coefficient (Wildman–Crippen LogP) is 1.48. The van der Waals surface area contributed by atoms with Crippen LogP contribution < -0.4 is 0 Å². The maximum Gasteiger partial charge on any atom is 0.178 e. The summed E-state index contributed by atoms with van der Waals surface area (Å²) < 4.78 is 0. The molecule has 0 spiro atoms. The molecule has 0 amide bonds. The molecule has 0 aliphatic heterocycles. The molecule has 2 aliphatic rings. The third-order valence-electron chi connectivity index (χ3n) is 3.98. The number of hydrogen-bond donors (Lipinski definition) is 0. The Bertz CT molecular complexity index is 393. The molecule has 2 bridgehead atoms. The van der Waals surface area contributed by atoms with Gasteiger partial charge in [-0.1, -0.05) is 0 Å². The van der Waals surface area contributed by atoms with Gasteiger partial charge in [-0.2, -0.15) is 21.0 Å². The van der Waals surface area contributed by atoms with E-state index in [4.69, 9.17) is 21.0 Å². The SMILES string of the molecule is N#CC1(C#N)[C@@H]2CC[C@@H](C2)C1(C#N)C#N. The topological polar surface area (TPSA) is 95.2 Å². The van der Waals surface area contributed by atoms with Crippen LogP contribution in [0.2, 0.25) is 0 Å². The molecule has 0 saturated heterocycles. The Hall–Kier alpha value is -2.04. The average molecular weight is 196 g/mol. The molecule has 0 unspecified atom stereocenters. The summed E-state index contributed by atoms with van der Waals surface area (Å²) in [6.45, 7) is 0. The van der Waals surface area contributed by atoms with E-state index in [2.05, 4.69) is 0 Å². The van der Waals surface area contributed by atoms with Crippen molar-refractivity contribution in [3.8, 4) is 24.3 Å². The second-order valence-electron chi connectivity index (χ2n) is 4.27. The molecule has 4 nitrogen and oxygen atoms in total. The second-order valence-corrected chi connectivity index (χ2v) is 4.27. The first kappa shape index (κ1) is 9.51. The van der Waals surface area contributed by atoms with Gasteiger partial charge in [0.25, 0.3) is 0 Å². The summed E-state index contributed by atoms with van der Waals surface area (Å²) in [7, 11) is 0. The highest BCUT2D eigenvalue weighted by Crippen LogP contribution is 2.65.